The van der Waals surface area contributed by atoms with Crippen LogP contribution in [0.1, 0.15) is 5.56 Å². The number of nitrogens with one attached hydrogen (secondary N) is 1. The van der Waals surface area contributed by atoms with Gasteiger partial charge in [-0.3, -0.25) is 0 Å². The van der Waals surface area contributed by atoms with Crippen LogP contribution in [0.2, 0.25) is 0 Å². The van der Waals surface area contributed by atoms with E-state index in [0.29, 0.717) is 6.04 Å². The summed E-state index contributed by atoms with van der Waals surface area (Å²) in [5.41, 5.74) is 2.56. The average Bonchev–Trinajstić information content (AvgIpc) is 2.34. The van der Waals surface area contributed by atoms with Crippen LogP contribution in [-0.2, 0) is 4.74 Å². The third kappa shape index (κ3) is 3.00. The fourth-order valence-corrected chi connectivity index (χ4v) is 2.50. The molecule has 0 saturated carbocycles. The van der Waals surface area contributed by atoms with Crippen LogP contribution >= 0.6 is 15.9 Å². The Labute approximate surface area is 111 Å². The molecule has 4 heteroatoms. The summed E-state index contributed by atoms with van der Waals surface area (Å²) >= 11 is 3.54. The van der Waals surface area contributed by atoms with E-state index in [1.54, 1.807) is 7.11 Å². The quantitative estimate of drug-likeness (QED) is 0.926. The average molecular weight is 299 g/mol. The summed E-state index contributed by atoms with van der Waals surface area (Å²) in [6.07, 6.45) is 0. The van der Waals surface area contributed by atoms with Crippen LogP contribution in [-0.4, -0.2) is 39.4 Å². The van der Waals surface area contributed by atoms with E-state index in [1.165, 1.54) is 15.7 Å². The van der Waals surface area contributed by atoms with Crippen molar-refractivity contribution in [3.8, 4) is 0 Å². The fraction of sp³-hybridized carbons (Fsp3) is 0.538. The molecule has 1 N–H and O–H groups in total. The third-order valence-electron chi connectivity index (χ3n) is 3.18. The lowest BCUT2D eigenvalue weighted by Gasteiger charge is -2.37. The van der Waals surface area contributed by atoms with Crippen molar-refractivity contribution in [3.63, 3.8) is 0 Å². The number of benzene rings is 1. The molecule has 1 aromatic carbocycles. The van der Waals surface area contributed by atoms with Crippen LogP contribution in [0, 0.1) is 6.92 Å². The van der Waals surface area contributed by atoms with Crippen LogP contribution in [0.25, 0.3) is 0 Å². The van der Waals surface area contributed by atoms with Gasteiger partial charge in [0.2, 0.25) is 0 Å². The summed E-state index contributed by atoms with van der Waals surface area (Å²) in [5, 5.41) is 3.41. The van der Waals surface area contributed by atoms with Crippen molar-refractivity contribution in [1.82, 2.24) is 5.32 Å². The molecule has 0 amide bonds. The molecule has 1 saturated heterocycles. The topological polar surface area (TPSA) is 24.5 Å². The van der Waals surface area contributed by atoms with Crippen molar-refractivity contribution < 1.29 is 4.74 Å². The van der Waals surface area contributed by atoms with E-state index >= 15 is 0 Å². The minimum atomic E-state index is 0.425. The van der Waals surface area contributed by atoms with Crippen LogP contribution in [0.15, 0.2) is 22.7 Å². The molecule has 1 aliphatic rings. The zero-order valence-electron chi connectivity index (χ0n) is 10.4. The second-order valence-corrected chi connectivity index (χ2v) is 5.29. The van der Waals surface area contributed by atoms with Gasteiger partial charge in [-0.15, -0.1) is 0 Å². The summed E-state index contributed by atoms with van der Waals surface area (Å²) in [4.78, 5) is 2.43. The lowest BCUT2D eigenvalue weighted by molar-refractivity contribution is 0.170. The molecule has 1 heterocycles. The summed E-state index contributed by atoms with van der Waals surface area (Å²) in [7, 11) is 1.76. The first-order valence-corrected chi connectivity index (χ1v) is 6.74. The molecule has 1 aromatic rings. The summed E-state index contributed by atoms with van der Waals surface area (Å²) in [6.45, 7) is 5.95. The minimum absolute atomic E-state index is 0.425. The van der Waals surface area contributed by atoms with Gasteiger partial charge in [0.15, 0.2) is 0 Å². The van der Waals surface area contributed by atoms with Gasteiger partial charge < -0.3 is 15.0 Å². The number of halogens is 1. The molecule has 0 radical (unpaired) electrons. The molecule has 2 rings (SSSR count). The zero-order chi connectivity index (χ0) is 12.3. The molecular weight excluding hydrogens is 280 g/mol. The fourth-order valence-electron chi connectivity index (χ4n) is 2.25. The van der Waals surface area contributed by atoms with Crippen LogP contribution in [0.3, 0.4) is 0 Å². The maximum atomic E-state index is 5.30. The van der Waals surface area contributed by atoms with Gasteiger partial charge >= 0.3 is 0 Å². The Morgan fingerprint density at radius 1 is 1.53 bits per heavy atom. The van der Waals surface area contributed by atoms with Crippen molar-refractivity contribution in [2.45, 2.75) is 13.0 Å². The van der Waals surface area contributed by atoms with Crippen molar-refractivity contribution in [2.24, 2.45) is 0 Å². The van der Waals surface area contributed by atoms with E-state index in [2.05, 4.69) is 51.3 Å². The highest BCUT2D eigenvalue weighted by Crippen LogP contribution is 2.24. The van der Waals surface area contributed by atoms with E-state index < -0.39 is 0 Å². The van der Waals surface area contributed by atoms with Gasteiger partial charge in [-0.05, 0) is 30.7 Å². The normalized spacial score (nSPS) is 20.6. The van der Waals surface area contributed by atoms with Crippen molar-refractivity contribution >= 4 is 21.6 Å². The van der Waals surface area contributed by atoms with Crippen LogP contribution < -0.4 is 10.2 Å². The molecule has 1 atom stereocenters. The highest BCUT2D eigenvalue weighted by atomic mass is 79.9. The van der Waals surface area contributed by atoms with Gasteiger partial charge in [0.1, 0.15) is 0 Å². The number of aryl methyl sites for hydroxylation is 1. The number of anilines is 1. The first-order valence-electron chi connectivity index (χ1n) is 5.95. The second-order valence-electron chi connectivity index (χ2n) is 4.44. The highest BCUT2D eigenvalue weighted by Gasteiger charge is 2.22. The number of nitrogens with zero attached hydrogens (tertiary/aromatic N) is 1. The number of hydrogen-bond donors (Lipinski definition) is 1. The van der Waals surface area contributed by atoms with Gasteiger partial charge in [-0.25, -0.2) is 0 Å². The zero-order valence-corrected chi connectivity index (χ0v) is 12.0. The lowest BCUT2D eigenvalue weighted by Crippen LogP contribution is -2.53. The molecule has 0 aliphatic carbocycles. The predicted molar refractivity (Wildman–Crippen MR) is 74.8 cm³/mol. The molecule has 0 bridgehead atoms. The van der Waals surface area contributed by atoms with Gasteiger partial charge in [0.25, 0.3) is 0 Å². The van der Waals surface area contributed by atoms with Crippen LogP contribution in [0.4, 0.5) is 5.69 Å². The van der Waals surface area contributed by atoms with Gasteiger partial charge in [-0.2, -0.15) is 0 Å². The van der Waals surface area contributed by atoms with Crippen LogP contribution in [0.5, 0.6) is 0 Å². The van der Waals surface area contributed by atoms with E-state index in [1.807, 2.05) is 0 Å². The van der Waals surface area contributed by atoms with Crippen molar-refractivity contribution in [2.75, 3.05) is 38.3 Å². The van der Waals surface area contributed by atoms with E-state index in [-0.39, 0.29) is 0 Å². The summed E-state index contributed by atoms with van der Waals surface area (Å²) in [5.74, 6) is 0. The van der Waals surface area contributed by atoms with E-state index in [9.17, 15) is 0 Å². The van der Waals surface area contributed by atoms with E-state index in [4.69, 9.17) is 4.74 Å². The lowest BCUT2D eigenvalue weighted by atomic mass is 10.1. The standard InChI is InChI=1S/C13H19BrN2O/c1-10-7-11(3-4-13(10)14)16-6-5-15-8-12(16)9-17-2/h3-4,7,12,15H,5-6,8-9H2,1-2H3. The Bertz CT molecular complexity index is 382. The summed E-state index contributed by atoms with van der Waals surface area (Å²) < 4.78 is 6.46. The maximum absolute atomic E-state index is 5.30. The Morgan fingerprint density at radius 2 is 2.35 bits per heavy atom. The number of piperazine rings is 1. The molecule has 0 spiro atoms. The Balaban J connectivity index is 2.20. The monoisotopic (exact) mass is 298 g/mol. The molecular formula is C13H19BrN2O. The van der Waals surface area contributed by atoms with Gasteiger partial charge in [0.05, 0.1) is 12.6 Å². The number of ether oxygens (including phenoxy) is 1. The molecule has 1 fully saturated rings. The molecule has 3 nitrogen and oxygen atoms in total. The highest BCUT2D eigenvalue weighted by molar-refractivity contribution is 9.10. The number of rotatable bonds is 3. The largest absolute Gasteiger partial charge is 0.383 e. The molecule has 0 aromatic heterocycles. The first kappa shape index (κ1) is 12.9. The Kier molecular flexibility index (Phi) is 4.42. The predicted octanol–water partition coefficient (Wildman–Crippen LogP) is 2.18. The maximum Gasteiger partial charge on any atom is 0.0678 e. The molecule has 17 heavy (non-hydrogen) atoms. The molecule has 94 valence electrons. The SMILES string of the molecule is COCC1CNCCN1c1ccc(Br)c(C)c1. The molecule has 1 aliphatic heterocycles. The van der Waals surface area contributed by atoms with Crippen molar-refractivity contribution in [1.29, 1.82) is 0 Å². The summed E-state index contributed by atoms with van der Waals surface area (Å²) in [6, 6.07) is 6.95. The van der Waals surface area contributed by atoms with E-state index in [0.717, 1.165) is 26.2 Å². The minimum Gasteiger partial charge on any atom is -0.383 e. The number of hydrogen-bond acceptors (Lipinski definition) is 3. The van der Waals surface area contributed by atoms with Gasteiger partial charge in [-0.1, -0.05) is 15.9 Å². The number of methoxy groups -OCH3 is 1. The smallest absolute Gasteiger partial charge is 0.0678 e. The second kappa shape index (κ2) is 5.85. The Hall–Kier alpha value is -0.580. The van der Waals surface area contributed by atoms with Crippen molar-refractivity contribution in [3.05, 3.63) is 28.2 Å². The molecule has 1 unspecified atom stereocenters. The first-order chi connectivity index (χ1) is 8.22. The van der Waals surface area contributed by atoms with Gasteiger partial charge in [0, 0.05) is 36.9 Å². The Morgan fingerprint density at radius 3 is 3.06 bits per heavy atom. The third-order valence-corrected chi connectivity index (χ3v) is 4.07.